The van der Waals surface area contributed by atoms with Gasteiger partial charge in [0.15, 0.2) is 0 Å². The van der Waals surface area contributed by atoms with Crippen molar-refractivity contribution >= 4 is 17.5 Å². The Balaban J connectivity index is 2.08. The fraction of sp³-hybridized carbons (Fsp3) is 0.333. The highest BCUT2D eigenvalue weighted by Crippen LogP contribution is 2.19. The Morgan fingerprint density at radius 2 is 2.04 bits per heavy atom. The van der Waals surface area contributed by atoms with E-state index in [2.05, 4.69) is 9.84 Å². The summed E-state index contributed by atoms with van der Waals surface area (Å²) in [6.07, 6.45) is 1.54. The van der Waals surface area contributed by atoms with Crippen LogP contribution in [0.25, 0.3) is 0 Å². The van der Waals surface area contributed by atoms with Crippen LogP contribution in [0.1, 0.15) is 23.0 Å². The molecule has 0 spiro atoms. The molecule has 5 nitrogen and oxygen atoms in total. The van der Waals surface area contributed by atoms with Crippen molar-refractivity contribution in [3.8, 4) is 5.75 Å². The van der Waals surface area contributed by atoms with E-state index < -0.39 is 6.61 Å². The standard InChI is InChI=1S/C15H16ClF2N3O2/c1-3-21-13(12(16)8-19-21)9-20(2)14(22)10-4-6-11(7-5-10)23-15(17)18/h4-8,15H,3,9H2,1-2H3. The van der Waals surface area contributed by atoms with Gasteiger partial charge in [0.1, 0.15) is 5.75 Å². The highest BCUT2D eigenvalue weighted by molar-refractivity contribution is 6.31. The van der Waals surface area contributed by atoms with Crippen molar-refractivity contribution < 1.29 is 18.3 Å². The van der Waals surface area contributed by atoms with Crippen molar-refractivity contribution in [1.82, 2.24) is 14.7 Å². The molecule has 0 N–H and O–H groups in total. The third-order valence-electron chi connectivity index (χ3n) is 3.26. The predicted octanol–water partition coefficient (Wildman–Crippen LogP) is 3.43. The van der Waals surface area contributed by atoms with Gasteiger partial charge in [0, 0.05) is 19.2 Å². The molecule has 0 aliphatic heterocycles. The number of carbonyl (C=O) groups is 1. The van der Waals surface area contributed by atoms with E-state index in [-0.39, 0.29) is 11.7 Å². The number of hydrogen-bond donors (Lipinski definition) is 0. The van der Waals surface area contributed by atoms with Crippen LogP contribution >= 0.6 is 11.6 Å². The third-order valence-corrected chi connectivity index (χ3v) is 3.57. The molecule has 0 atom stereocenters. The normalized spacial score (nSPS) is 10.9. The summed E-state index contributed by atoms with van der Waals surface area (Å²) < 4.78 is 30.2. The number of rotatable bonds is 6. The maximum absolute atomic E-state index is 12.4. The summed E-state index contributed by atoms with van der Waals surface area (Å²) >= 11 is 6.08. The molecule has 0 fully saturated rings. The molecule has 1 amide bonds. The predicted molar refractivity (Wildman–Crippen MR) is 81.8 cm³/mol. The van der Waals surface area contributed by atoms with Crippen LogP contribution in [0.4, 0.5) is 8.78 Å². The van der Waals surface area contributed by atoms with E-state index in [9.17, 15) is 13.6 Å². The van der Waals surface area contributed by atoms with Crippen molar-refractivity contribution in [2.45, 2.75) is 26.6 Å². The molecule has 1 aromatic heterocycles. The summed E-state index contributed by atoms with van der Waals surface area (Å²) in [5, 5.41) is 4.61. The van der Waals surface area contributed by atoms with Crippen LogP contribution in [0.3, 0.4) is 0 Å². The van der Waals surface area contributed by atoms with E-state index in [1.165, 1.54) is 35.4 Å². The van der Waals surface area contributed by atoms with Gasteiger partial charge in [0.2, 0.25) is 0 Å². The average molecular weight is 344 g/mol. The lowest BCUT2D eigenvalue weighted by molar-refractivity contribution is -0.0498. The lowest BCUT2D eigenvalue weighted by Crippen LogP contribution is -2.27. The Bertz CT molecular complexity index is 674. The highest BCUT2D eigenvalue weighted by Gasteiger charge is 2.16. The molecule has 8 heteroatoms. The van der Waals surface area contributed by atoms with E-state index in [1.54, 1.807) is 11.7 Å². The van der Waals surface area contributed by atoms with Gasteiger partial charge in [-0.15, -0.1) is 0 Å². The van der Waals surface area contributed by atoms with Gasteiger partial charge in [-0.1, -0.05) is 11.6 Å². The number of benzene rings is 1. The first-order valence-electron chi connectivity index (χ1n) is 6.93. The van der Waals surface area contributed by atoms with Crippen LogP contribution in [-0.2, 0) is 13.1 Å². The Kier molecular flexibility index (Phi) is 5.54. The second-order valence-corrected chi connectivity index (χ2v) is 5.23. The van der Waals surface area contributed by atoms with Crippen molar-refractivity contribution in [3.63, 3.8) is 0 Å². The lowest BCUT2D eigenvalue weighted by atomic mass is 10.2. The second kappa shape index (κ2) is 7.41. The Hall–Kier alpha value is -2.15. The van der Waals surface area contributed by atoms with Crippen molar-refractivity contribution in [2.75, 3.05) is 7.05 Å². The summed E-state index contributed by atoms with van der Waals surface area (Å²) in [7, 11) is 1.63. The minimum atomic E-state index is -2.89. The van der Waals surface area contributed by atoms with Gasteiger partial charge in [-0.05, 0) is 31.2 Å². The van der Waals surface area contributed by atoms with E-state index >= 15 is 0 Å². The number of amides is 1. The van der Waals surface area contributed by atoms with Gasteiger partial charge in [-0.25, -0.2) is 0 Å². The number of carbonyl (C=O) groups excluding carboxylic acids is 1. The number of hydrogen-bond acceptors (Lipinski definition) is 3. The minimum absolute atomic E-state index is 0.00584. The monoisotopic (exact) mass is 343 g/mol. The number of nitrogens with zero attached hydrogens (tertiary/aromatic N) is 3. The Morgan fingerprint density at radius 1 is 1.39 bits per heavy atom. The summed E-state index contributed by atoms with van der Waals surface area (Å²) in [5.74, 6) is -0.250. The molecule has 0 unspecified atom stereocenters. The molecule has 23 heavy (non-hydrogen) atoms. The molecule has 1 heterocycles. The summed E-state index contributed by atoms with van der Waals surface area (Å²) in [6.45, 7) is -0.0308. The fourth-order valence-electron chi connectivity index (χ4n) is 2.11. The number of alkyl halides is 2. The van der Waals surface area contributed by atoms with Crippen LogP contribution in [0.5, 0.6) is 5.75 Å². The molecule has 1 aromatic carbocycles. The molecule has 0 aliphatic carbocycles. The fourth-order valence-corrected chi connectivity index (χ4v) is 2.31. The number of halogens is 3. The zero-order chi connectivity index (χ0) is 17.0. The lowest BCUT2D eigenvalue weighted by Gasteiger charge is -2.18. The zero-order valence-corrected chi connectivity index (χ0v) is 13.4. The average Bonchev–Trinajstić information content (AvgIpc) is 2.87. The zero-order valence-electron chi connectivity index (χ0n) is 12.7. The molecule has 2 rings (SSSR count). The van der Waals surface area contributed by atoms with E-state index in [0.717, 1.165) is 5.69 Å². The van der Waals surface area contributed by atoms with E-state index in [0.29, 0.717) is 23.7 Å². The largest absolute Gasteiger partial charge is 0.435 e. The third kappa shape index (κ3) is 4.19. The number of aromatic nitrogens is 2. The molecule has 0 radical (unpaired) electrons. The van der Waals surface area contributed by atoms with Crippen LogP contribution in [0.15, 0.2) is 30.5 Å². The van der Waals surface area contributed by atoms with Gasteiger partial charge in [0.05, 0.1) is 23.5 Å². The maximum Gasteiger partial charge on any atom is 0.387 e. The molecular weight excluding hydrogens is 328 g/mol. The van der Waals surface area contributed by atoms with Crippen molar-refractivity contribution in [2.24, 2.45) is 0 Å². The number of aryl methyl sites for hydroxylation is 1. The van der Waals surface area contributed by atoms with E-state index in [1.807, 2.05) is 6.92 Å². The first-order valence-corrected chi connectivity index (χ1v) is 7.30. The molecule has 0 bridgehead atoms. The van der Waals surface area contributed by atoms with Gasteiger partial charge in [0.25, 0.3) is 5.91 Å². The van der Waals surface area contributed by atoms with Crippen LogP contribution in [0, 0.1) is 0 Å². The summed E-state index contributed by atoms with van der Waals surface area (Å²) in [5.41, 5.74) is 1.11. The SMILES string of the molecule is CCn1ncc(Cl)c1CN(C)C(=O)c1ccc(OC(F)F)cc1. The van der Waals surface area contributed by atoms with Crippen LogP contribution in [0.2, 0.25) is 5.02 Å². The van der Waals surface area contributed by atoms with Crippen molar-refractivity contribution in [3.05, 3.63) is 46.7 Å². The first kappa shape index (κ1) is 17.2. The molecule has 0 saturated heterocycles. The molecule has 124 valence electrons. The second-order valence-electron chi connectivity index (χ2n) is 4.82. The van der Waals surface area contributed by atoms with Crippen molar-refractivity contribution in [1.29, 1.82) is 0 Å². The van der Waals surface area contributed by atoms with Gasteiger partial charge in [-0.2, -0.15) is 13.9 Å². The van der Waals surface area contributed by atoms with E-state index in [4.69, 9.17) is 11.6 Å². The minimum Gasteiger partial charge on any atom is -0.435 e. The van der Waals surface area contributed by atoms with Gasteiger partial charge in [-0.3, -0.25) is 9.48 Å². The summed E-state index contributed by atoms with van der Waals surface area (Å²) in [6, 6.07) is 5.54. The van der Waals surface area contributed by atoms with Crippen LogP contribution in [-0.4, -0.2) is 34.2 Å². The first-order chi connectivity index (χ1) is 10.9. The highest BCUT2D eigenvalue weighted by atomic mass is 35.5. The van der Waals surface area contributed by atoms with Crippen LogP contribution < -0.4 is 4.74 Å². The molecule has 0 aliphatic rings. The smallest absolute Gasteiger partial charge is 0.387 e. The maximum atomic E-state index is 12.4. The quantitative estimate of drug-likeness (QED) is 0.807. The Morgan fingerprint density at radius 3 is 2.61 bits per heavy atom. The number of ether oxygens (including phenoxy) is 1. The topological polar surface area (TPSA) is 47.4 Å². The summed E-state index contributed by atoms with van der Waals surface area (Å²) in [4.78, 5) is 13.9. The molecule has 2 aromatic rings. The Labute approximate surface area is 137 Å². The molecular formula is C15H16ClF2N3O2. The van der Waals surface area contributed by atoms with Gasteiger partial charge >= 0.3 is 6.61 Å². The molecule has 0 saturated carbocycles. The van der Waals surface area contributed by atoms with Gasteiger partial charge < -0.3 is 9.64 Å².